The molecule has 0 aromatic heterocycles. The number of hydrogen-bond acceptors (Lipinski definition) is 2. The summed E-state index contributed by atoms with van der Waals surface area (Å²) in [5.41, 5.74) is 3.30. The lowest BCUT2D eigenvalue weighted by Crippen LogP contribution is -2.30. The minimum absolute atomic E-state index is 0.00503. The SMILES string of the molecule is Cc1ccc(S(=O)(=O)/N=C2\NC=C(c3ccccc3)CC2C)cc1. The Hall–Kier alpha value is -2.40. The number of sulfonamides is 1. The molecule has 3 rings (SSSR count). The summed E-state index contributed by atoms with van der Waals surface area (Å²) in [6.07, 6.45) is 2.60. The van der Waals surface area contributed by atoms with Crippen molar-refractivity contribution in [3.63, 3.8) is 0 Å². The summed E-state index contributed by atoms with van der Waals surface area (Å²) in [5.74, 6) is 0.487. The van der Waals surface area contributed by atoms with E-state index < -0.39 is 10.0 Å². The molecule has 1 aliphatic heterocycles. The van der Waals surface area contributed by atoms with Crippen LogP contribution in [-0.2, 0) is 10.0 Å². The van der Waals surface area contributed by atoms with Crippen molar-refractivity contribution in [3.05, 3.63) is 71.9 Å². The van der Waals surface area contributed by atoms with Crippen LogP contribution in [0.1, 0.15) is 24.5 Å². The third-order valence-electron chi connectivity index (χ3n) is 4.07. The van der Waals surface area contributed by atoms with Gasteiger partial charge in [-0.3, -0.25) is 0 Å². The average molecular weight is 340 g/mol. The summed E-state index contributed by atoms with van der Waals surface area (Å²) in [4.78, 5) is 0.215. The maximum Gasteiger partial charge on any atom is 0.283 e. The molecule has 0 radical (unpaired) electrons. The maximum absolute atomic E-state index is 12.5. The quantitative estimate of drug-likeness (QED) is 0.926. The van der Waals surface area contributed by atoms with E-state index in [0.717, 1.165) is 23.1 Å². The van der Waals surface area contributed by atoms with Crippen LogP contribution < -0.4 is 5.32 Å². The van der Waals surface area contributed by atoms with Crippen LogP contribution >= 0.6 is 0 Å². The highest BCUT2D eigenvalue weighted by molar-refractivity contribution is 7.90. The zero-order chi connectivity index (χ0) is 17.2. The van der Waals surface area contributed by atoms with E-state index in [1.807, 2.05) is 50.4 Å². The van der Waals surface area contributed by atoms with Gasteiger partial charge in [0.2, 0.25) is 0 Å². The Kier molecular flexibility index (Phi) is 4.53. The van der Waals surface area contributed by atoms with Crippen molar-refractivity contribution in [2.24, 2.45) is 10.3 Å². The van der Waals surface area contributed by atoms with Crippen molar-refractivity contribution in [3.8, 4) is 0 Å². The highest BCUT2D eigenvalue weighted by Crippen LogP contribution is 2.26. The molecule has 124 valence electrons. The van der Waals surface area contributed by atoms with Crippen LogP contribution in [0.3, 0.4) is 0 Å². The molecule has 2 aromatic carbocycles. The van der Waals surface area contributed by atoms with Crippen molar-refractivity contribution < 1.29 is 8.42 Å². The lowest BCUT2D eigenvalue weighted by atomic mass is 9.93. The molecule has 0 fully saturated rings. The highest BCUT2D eigenvalue weighted by atomic mass is 32.2. The Labute approximate surface area is 143 Å². The van der Waals surface area contributed by atoms with Gasteiger partial charge in [-0.1, -0.05) is 55.0 Å². The third kappa shape index (κ3) is 3.57. The number of allylic oxidation sites excluding steroid dienone is 1. The predicted octanol–water partition coefficient (Wildman–Crippen LogP) is 3.75. The molecule has 0 bridgehead atoms. The molecule has 1 N–H and O–H groups in total. The second-order valence-corrected chi connectivity index (χ2v) is 7.65. The Morgan fingerprint density at radius 2 is 1.71 bits per heavy atom. The minimum atomic E-state index is -3.70. The molecule has 0 saturated carbocycles. The summed E-state index contributed by atoms with van der Waals surface area (Å²) in [6.45, 7) is 3.90. The van der Waals surface area contributed by atoms with Gasteiger partial charge in [0.1, 0.15) is 5.84 Å². The number of aryl methyl sites for hydroxylation is 1. The topological polar surface area (TPSA) is 58.5 Å². The van der Waals surface area contributed by atoms with Crippen LogP contribution in [0.25, 0.3) is 5.57 Å². The third-order valence-corrected chi connectivity index (χ3v) is 5.37. The fourth-order valence-electron chi connectivity index (χ4n) is 2.65. The molecule has 1 unspecified atom stereocenters. The summed E-state index contributed by atoms with van der Waals surface area (Å²) >= 11 is 0. The molecule has 0 spiro atoms. The van der Waals surface area contributed by atoms with Crippen LogP contribution in [0.5, 0.6) is 0 Å². The van der Waals surface area contributed by atoms with Crippen molar-refractivity contribution in [1.82, 2.24) is 5.32 Å². The summed E-state index contributed by atoms with van der Waals surface area (Å²) < 4.78 is 28.9. The van der Waals surface area contributed by atoms with Gasteiger partial charge in [-0.15, -0.1) is 4.40 Å². The lowest BCUT2D eigenvalue weighted by molar-refractivity contribution is 0.597. The van der Waals surface area contributed by atoms with E-state index in [4.69, 9.17) is 0 Å². The van der Waals surface area contributed by atoms with Gasteiger partial charge >= 0.3 is 0 Å². The van der Waals surface area contributed by atoms with E-state index in [0.29, 0.717) is 5.84 Å². The Balaban J connectivity index is 1.86. The zero-order valence-electron chi connectivity index (χ0n) is 13.7. The van der Waals surface area contributed by atoms with E-state index in [1.54, 1.807) is 24.3 Å². The van der Waals surface area contributed by atoms with E-state index >= 15 is 0 Å². The van der Waals surface area contributed by atoms with Gasteiger partial charge in [0.25, 0.3) is 10.0 Å². The first-order chi connectivity index (χ1) is 11.5. The predicted molar refractivity (Wildman–Crippen MR) is 97.1 cm³/mol. The van der Waals surface area contributed by atoms with Gasteiger partial charge in [0.15, 0.2) is 0 Å². The smallest absolute Gasteiger partial charge is 0.283 e. The van der Waals surface area contributed by atoms with Crippen LogP contribution in [0.15, 0.2) is 70.1 Å². The first-order valence-electron chi connectivity index (χ1n) is 7.88. The van der Waals surface area contributed by atoms with Crippen LogP contribution in [0, 0.1) is 12.8 Å². The standard InChI is InChI=1S/C19H20N2O2S/c1-14-8-10-18(11-9-14)24(22,23)21-19-15(2)12-17(13-20-19)16-6-4-3-5-7-16/h3-11,13,15H,12H2,1-2H3,(H,20,21). The molecular formula is C19H20N2O2S. The van der Waals surface area contributed by atoms with Crippen molar-refractivity contribution >= 4 is 21.4 Å². The van der Waals surface area contributed by atoms with Gasteiger partial charge in [-0.25, -0.2) is 0 Å². The molecule has 0 aliphatic carbocycles. The summed E-state index contributed by atoms with van der Waals surface area (Å²) in [5, 5.41) is 3.06. The Bertz CT molecular complexity index is 883. The number of hydrogen-bond donors (Lipinski definition) is 1. The number of amidine groups is 1. The van der Waals surface area contributed by atoms with E-state index in [2.05, 4.69) is 9.71 Å². The van der Waals surface area contributed by atoms with Gasteiger partial charge in [-0.05, 0) is 36.6 Å². The number of nitrogens with zero attached hydrogens (tertiary/aromatic N) is 1. The second-order valence-electron chi connectivity index (χ2n) is 6.05. The van der Waals surface area contributed by atoms with Gasteiger partial charge in [-0.2, -0.15) is 8.42 Å². The molecule has 1 heterocycles. The van der Waals surface area contributed by atoms with E-state index in [1.165, 1.54) is 0 Å². The molecule has 24 heavy (non-hydrogen) atoms. The fraction of sp³-hybridized carbons (Fsp3) is 0.211. The minimum Gasteiger partial charge on any atom is -0.349 e. The molecule has 2 aromatic rings. The number of nitrogens with one attached hydrogen (secondary N) is 1. The largest absolute Gasteiger partial charge is 0.349 e. The molecule has 1 aliphatic rings. The van der Waals surface area contributed by atoms with Crippen molar-refractivity contribution in [1.29, 1.82) is 0 Å². The number of rotatable bonds is 3. The van der Waals surface area contributed by atoms with Crippen LogP contribution in [0.2, 0.25) is 0 Å². The molecule has 1 atom stereocenters. The zero-order valence-corrected chi connectivity index (χ0v) is 14.5. The maximum atomic E-state index is 12.5. The fourth-order valence-corrected chi connectivity index (χ4v) is 3.73. The van der Waals surface area contributed by atoms with Gasteiger partial charge in [0.05, 0.1) is 4.90 Å². The van der Waals surface area contributed by atoms with E-state index in [9.17, 15) is 8.42 Å². The van der Waals surface area contributed by atoms with Crippen molar-refractivity contribution in [2.75, 3.05) is 0 Å². The molecule has 0 amide bonds. The Morgan fingerprint density at radius 3 is 2.33 bits per heavy atom. The second kappa shape index (κ2) is 6.61. The molecular weight excluding hydrogens is 320 g/mol. The normalized spacial score (nSPS) is 19.7. The highest BCUT2D eigenvalue weighted by Gasteiger charge is 2.22. The van der Waals surface area contributed by atoms with Crippen LogP contribution in [0.4, 0.5) is 0 Å². The monoisotopic (exact) mass is 340 g/mol. The van der Waals surface area contributed by atoms with Gasteiger partial charge < -0.3 is 5.32 Å². The lowest BCUT2D eigenvalue weighted by Gasteiger charge is -2.22. The first-order valence-corrected chi connectivity index (χ1v) is 9.32. The number of benzene rings is 2. The summed E-state index contributed by atoms with van der Waals surface area (Å²) in [7, 11) is -3.70. The van der Waals surface area contributed by atoms with Gasteiger partial charge in [0, 0.05) is 12.1 Å². The average Bonchev–Trinajstić information content (AvgIpc) is 2.58. The van der Waals surface area contributed by atoms with E-state index in [-0.39, 0.29) is 10.8 Å². The molecule has 5 heteroatoms. The first kappa shape index (κ1) is 16.5. The van der Waals surface area contributed by atoms with Crippen LogP contribution in [-0.4, -0.2) is 14.3 Å². The molecule has 0 saturated heterocycles. The Morgan fingerprint density at radius 1 is 1.04 bits per heavy atom. The van der Waals surface area contributed by atoms with Crippen molar-refractivity contribution in [2.45, 2.75) is 25.2 Å². The summed E-state index contributed by atoms with van der Waals surface area (Å²) in [6, 6.07) is 16.8. The molecule has 4 nitrogen and oxygen atoms in total.